The van der Waals surface area contributed by atoms with Crippen LogP contribution in [0.5, 0.6) is 0 Å². The largest absolute Gasteiger partial charge is 0.391 e. The number of benzene rings is 1. The lowest BCUT2D eigenvalue weighted by atomic mass is 9.97. The van der Waals surface area contributed by atoms with Crippen LogP contribution in [-0.2, 0) is 10.0 Å². The molecule has 2 N–H and O–H groups in total. The molecule has 114 valence electrons. The molecular weight excluding hydrogens is 305 g/mol. The molecule has 0 heterocycles. The van der Waals surface area contributed by atoms with Gasteiger partial charge in [-0.15, -0.1) is 0 Å². The standard InChI is InChI=1S/C13H19ClFNO3S/c1-3-9(4-2)13(17)8-16-20(18,19)10-5-6-12(15)11(14)7-10/h5-7,9,13,16-17H,3-4,8H2,1-2H3. The Labute approximate surface area is 124 Å². The van der Waals surface area contributed by atoms with Crippen LogP contribution in [0.2, 0.25) is 5.02 Å². The minimum Gasteiger partial charge on any atom is -0.391 e. The summed E-state index contributed by atoms with van der Waals surface area (Å²) in [6.45, 7) is 3.79. The van der Waals surface area contributed by atoms with Gasteiger partial charge < -0.3 is 5.11 Å². The van der Waals surface area contributed by atoms with Gasteiger partial charge in [-0.1, -0.05) is 38.3 Å². The van der Waals surface area contributed by atoms with E-state index < -0.39 is 21.9 Å². The number of nitrogens with one attached hydrogen (secondary N) is 1. The molecule has 1 aromatic rings. The Morgan fingerprint density at radius 3 is 2.45 bits per heavy atom. The van der Waals surface area contributed by atoms with Crippen LogP contribution in [-0.4, -0.2) is 26.2 Å². The molecule has 1 aromatic carbocycles. The van der Waals surface area contributed by atoms with E-state index in [9.17, 15) is 17.9 Å². The highest BCUT2D eigenvalue weighted by molar-refractivity contribution is 7.89. The first-order chi connectivity index (χ1) is 9.31. The Bertz CT molecular complexity index is 547. The summed E-state index contributed by atoms with van der Waals surface area (Å²) < 4.78 is 39.3. The number of aliphatic hydroxyl groups excluding tert-OH is 1. The lowest BCUT2D eigenvalue weighted by molar-refractivity contribution is 0.107. The van der Waals surface area contributed by atoms with E-state index in [-0.39, 0.29) is 22.4 Å². The maximum Gasteiger partial charge on any atom is 0.240 e. The first kappa shape index (κ1) is 17.4. The first-order valence-corrected chi connectivity index (χ1v) is 8.30. The van der Waals surface area contributed by atoms with Crippen molar-refractivity contribution in [1.82, 2.24) is 4.72 Å². The van der Waals surface area contributed by atoms with E-state index in [0.717, 1.165) is 31.0 Å². The average Bonchev–Trinajstić information content (AvgIpc) is 2.41. The van der Waals surface area contributed by atoms with Crippen molar-refractivity contribution in [2.75, 3.05) is 6.54 Å². The van der Waals surface area contributed by atoms with Crippen molar-refractivity contribution < 1.29 is 17.9 Å². The second kappa shape index (κ2) is 7.36. The molecule has 0 bridgehead atoms. The zero-order valence-corrected chi connectivity index (χ0v) is 13.0. The van der Waals surface area contributed by atoms with Crippen molar-refractivity contribution in [3.05, 3.63) is 29.0 Å². The summed E-state index contributed by atoms with van der Waals surface area (Å²) in [7, 11) is -3.81. The van der Waals surface area contributed by atoms with Gasteiger partial charge in [-0.2, -0.15) is 0 Å². The van der Waals surface area contributed by atoms with Crippen LogP contribution in [0, 0.1) is 11.7 Å². The molecule has 1 atom stereocenters. The molecule has 4 nitrogen and oxygen atoms in total. The zero-order valence-electron chi connectivity index (χ0n) is 11.4. The van der Waals surface area contributed by atoms with E-state index in [1.54, 1.807) is 0 Å². The molecule has 0 aliphatic carbocycles. The third kappa shape index (κ3) is 4.41. The molecule has 0 fully saturated rings. The van der Waals surface area contributed by atoms with Gasteiger partial charge in [-0.3, -0.25) is 0 Å². The molecule has 0 aromatic heterocycles. The molecule has 0 saturated carbocycles. The van der Waals surface area contributed by atoms with Crippen LogP contribution in [0.3, 0.4) is 0 Å². The van der Waals surface area contributed by atoms with Crippen LogP contribution in [0.25, 0.3) is 0 Å². The van der Waals surface area contributed by atoms with Gasteiger partial charge >= 0.3 is 0 Å². The third-order valence-corrected chi connectivity index (χ3v) is 4.99. The average molecular weight is 324 g/mol. The Balaban J connectivity index is 2.77. The third-order valence-electron chi connectivity index (χ3n) is 3.28. The van der Waals surface area contributed by atoms with Crippen LogP contribution >= 0.6 is 11.6 Å². The fourth-order valence-electron chi connectivity index (χ4n) is 1.92. The second-order valence-electron chi connectivity index (χ2n) is 4.57. The van der Waals surface area contributed by atoms with E-state index in [1.807, 2.05) is 13.8 Å². The summed E-state index contributed by atoms with van der Waals surface area (Å²) in [4.78, 5) is -0.124. The normalized spacial score (nSPS) is 13.7. The van der Waals surface area contributed by atoms with Crippen molar-refractivity contribution in [3.8, 4) is 0 Å². The van der Waals surface area contributed by atoms with Gasteiger partial charge in [-0.05, 0) is 24.1 Å². The van der Waals surface area contributed by atoms with Gasteiger partial charge in [0.1, 0.15) is 5.82 Å². The van der Waals surface area contributed by atoms with Crippen molar-refractivity contribution >= 4 is 21.6 Å². The fourth-order valence-corrected chi connectivity index (χ4v) is 3.24. The molecule has 0 aliphatic rings. The van der Waals surface area contributed by atoms with Gasteiger partial charge in [-0.25, -0.2) is 17.5 Å². The highest BCUT2D eigenvalue weighted by Gasteiger charge is 2.20. The van der Waals surface area contributed by atoms with Gasteiger partial charge in [0, 0.05) is 6.54 Å². The van der Waals surface area contributed by atoms with Crippen LogP contribution < -0.4 is 4.72 Å². The molecule has 0 spiro atoms. The predicted molar refractivity (Wildman–Crippen MR) is 76.7 cm³/mol. The maximum absolute atomic E-state index is 13.0. The van der Waals surface area contributed by atoms with Crippen molar-refractivity contribution in [2.45, 2.75) is 37.7 Å². The minimum atomic E-state index is -3.81. The summed E-state index contributed by atoms with van der Waals surface area (Å²) in [6, 6.07) is 3.17. The molecule has 1 rings (SSSR count). The fraction of sp³-hybridized carbons (Fsp3) is 0.538. The van der Waals surface area contributed by atoms with Crippen LogP contribution in [0.4, 0.5) is 4.39 Å². The Morgan fingerprint density at radius 1 is 1.35 bits per heavy atom. The molecular formula is C13H19ClFNO3S. The minimum absolute atomic E-state index is 0.0366. The summed E-state index contributed by atoms with van der Waals surface area (Å²) >= 11 is 5.56. The van der Waals surface area contributed by atoms with Crippen molar-refractivity contribution in [3.63, 3.8) is 0 Å². The zero-order chi connectivity index (χ0) is 15.3. The van der Waals surface area contributed by atoms with E-state index in [0.29, 0.717) is 0 Å². The SMILES string of the molecule is CCC(CC)C(O)CNS(=O)(=O)c1ccc(F)c(Cl)c1. The van der Waals surface area contributed by atoms with E-state index >= 15 is 0 Å². The number of aliphatic hydroxyl groups is 1. The van der Waals surface area contributed by atoms with Gasteiger partial charge in [0.05, 0.1) is 16.0 Å². The summed E-state index contributed by atoms with van der Waals surface area (Å²) in [6.07, 6.45) is 0.777. The number of sulfonamides is 1. The Hall–Kier alpha value is -0.690. The van der Waals surface area contributed by atoms with E-state index in [4.69, 9.17) is 11.6 Å². The molecule has 1 unspecified atom stereocenters. The molecule has 0 radical (unpaired) electrons. The van der Waals surface area contributed by atoms with Crippen molar-refractivity contribution in [1.29, 1.82) is 0 Å². The Morgan fingerprint density at radius 2 is 1.95 bits per heavy atom. The number of rotatable bonds is 7. The Kier molecular flexibility index (Phi) is 6.39. The van der Waals surface area contributed by atoms with Gasteiger partial charge in [0.15, 0.2) is 0 Å². The molecule has 7 heteroatoms. The van der Waals surface area contributed by atoms with Crippen molar-refractivity contribution in [2.24, 2.45) is 5.92 Å². The topological polar surface area (TPSA) is 66.4 Å². The van der Waals surface area contributed by atoms with E-state index in [1.165, 1.54) is 0 Å². The molecule has 20 heavy (non-hydrogen) atoms. The van der Waals surface area contributed by atoms with Crippen LogP contribution in [0.1, 0.15) is 26.7 Å². The highest BCUT2D eigenvalue weighted by Crippen LogP contribution is 2.19. The highest BCUT2D eigenvalue weighted by atomic mass is 35.5. The summed E-state index contributed by atoms with van der Waals surface area (Å²) in [5.41, 5.74) is 0. The number of hydrogen-bond acceptors (Lipinski definition) is 3. The monoisotopic (exact) mass is 323 g/mol. The summed E-state index contributed by atoms with van der Waals surface area (Å²) in [5, 5.41) is 9.65. The molecule has 0 saturated heterocycles. The molecule has 0 amide bonds. The van der Waals surface area contributed by atoms with Crippen LogP contribution in [0.15, 0.2) is 23.1 Å². The quantitative estimate of drug-likeness (QED) is 0.810. The maximum atomic E-state index is 13.0. The lowest BCUT2D eigenvalue weighted by Crippen LogP contribution is -2.36. The number of hydrogen-bond donors (Lipinski definition) is 2. The first-order valence-electron chi connectivity index (χ1n) is 6.44. The lowest BCUT2D eigenvalue weighted by Gasteiger charge is -2.20. The van der Waals surface area contributed by atoms with E-state index in [2.05, 4.69) is 4.72 Å². The summed E-state index contributed by atoms with van der Waals surface area (Å²) in [5.74, 6) is -0.641. The van der Waals surface area contributed by atoms with Gasteiger partial charge in [0.2, 0.25) is 10.0 Å². The van der Waals surface area contributed by atoms with Gasteiger partial charge in [0.25, 0.3) is 0 Å². The number of halogens is 2. The smallest absolute Gasteiger partial charge is 0.240 e. The second-order valence-corrected chi connectivity index (χ2v) is 6.75. The molecule has 0 aliphatic heterocycles. The predicted octanol–water partition coefficient (Wildman–Crippen LogP) is 2.55.